The van der Waals surface area contributed by atoms with E-state index in [2.05, 4.69) is 5.16 Å². The maximum absolute atomic E-state index is 8.94. The SMILES string of the molecule is OCc1cnoc1Cc1cccs1. The van der Waals surface area contributed by atoms with Crippen molar-refractivity contribution in [3.05, 3.63) is 39.9 Å². The van der Waals surface area contributed by atoms with Crippen LogP contribution in [0.15, 0.2) is 28.2 Å². The molecule has 0 aromatic carbocycles. The van der Waals surface area contributed by atoms with Crippen LogP contribution in [-0.2, 0) is 13.0 Å². The van der Waals surface area contributed by atoms with E-state index in [0.29, 0.717) is 6.42 Å². The Morgan fingerprint density at radius 1 is 1.54 bits per heavy atom. The Balaban J connectivity index is 2.18. The fourth-order valence-corrected chi connectivity index (χ4v) is 1.83. The van der Waals surface area contributed by atoms with Crippen molar-refractivity contribution in [3.8, 4) is 0 Å². The van der Waals surface area contributed by atoms with E-state index < -0.39 is 0 Å². The number of rotatable bonds is 3. The normalized spacial score (nSPS) is 10.5. The molecule has 2 heterocycles. The third kappa shape index (κ3) is 1.79. The summed E-state index contributed by atoms with van der Waals surface area (Å²) in [4.78, 5) is 1.21. The molecule has 0 aliphatic heterocycles. The summed E-state index contributed by atoms with van der Waals surface area (Å²) in [5, 5.41) is 14.6. The molecule has 3 nitrogen and oxygen atoms in total. The zero-order valence-corrected chi connectivity index (χ0v) is 7.75. The van der Waals surface area contributed by atoms with Crippen LogP contribution >= 0.6 is 11.3 Å². The van der Waals surface area contributed by atoms with Crippen LogP contribution in [0.2, 0.25) is 0 Å². The van der Waals surface area contributed by atoms with E-state index in [1.54, 1.807) is 17.5 Å². The summed E-state index contributed by atoms with van der Waals surface area (Å²) in [5.74, 6) is 0.755. The van der Waals surface area contributed by atoms with Crippen LogP contribution in [0.5, 0.6) is 0 Å². The highest BCUT2D eigenvalue weighted by atomic mass is 32.1. The fourth-order valence-electron chi connectivity index (χ4n) is 1.13. The minimum absolute atomic E-state index is 0.00971. The van der Waals surface area contributed by atoms with E-state index in [-0.39, 0.29) is 6.61 Å². The minimum Gasteiger partial charge on any atom is -0.391 e. The first-order valence-electron chi connectivity index (χ1n) is 3.96. The van der Waals surface area contributed by atoms with Crippen LogP contribution in [0, 0.1) is 0 Å². The molecule has 2 rings (SSSR count). The van der Waals surface area contributed by atoms with Gasteiger partial charge in [0.15, 0.2) is 0 Å². The van der Waals surface area contributed by atoms with Gasteiger partial charge in [-0.05, 0) is 11.4 Å². The summed E-state index contributed by atoms with van der Waals surface area (Å²) in [6, 6.07) is 4.03. The molecule has 0 atom stereocenters. The van der Waals surface area contributed by atoms with Gasteiger partial charge in [-0.2, -0.15) is 0 Å². The van der Waals surface area contributed by atoms with Crippen molar-refractivity contribution in [3.63, 3.8) is 0 Å². The molecule has 0 spiro atoms. The number of hydrogen-bond donors (Lipinski definition) is 1. The van der Waals surface area contributed by atoms with Gasteiger partial charge < -0.3 is 9.63 Å². The van der Waals surface area contributed by atoms with Crippen LogP contribution in [-0.4, -0.2) is 10.3 Å². The summed E-state index contributed by atoms with van der Waals surface area (Å²) in [5.41, 5.74) is 0.772. The van der Waals surface area contributed by atoms with Gasteiger partial charge in [-0.25, -0.2) is 0 Å². The molecule has 0 bridgehead atoms. The Bertz CT molecular complexity index is 367. The zero-order valence-electron chi connectivity index (χ0n) is 6.93. The molecule has 2 aromatic heterocycles. The first kappa shape index (κ1) is 8.47. The lowest BCUT2D eigenvalue weighted by molar-refractivity contribution is 0.277. The second-order valence-corrected chi connectivity index (χ2v) is 3.72. The molecule has 2 aromatic rings. The average Bonchev–Trinajstić information content (AvgIpc) is 2.76. The van der Waals surface area contributed by atoms with Crippen molar-refractivity contribution in [2.75, 3.05) is 0 Å². The Labute approximate surface area is 79.6 Å². The Morgan fingerprint density at radius 2 is 2.46 bits per heavy atom. The molecule has 68 valence electrons. The smallest absolute Gasteiger partial charge is 0.147 e. The molecule has 0 unspecified atom stereocenters. The van der Waals surface area contributed by atoms with Gasteiger partial charge in [0.05, 0.1) is 12.8 Å². The Kier molecular flexibility index (Phi) is 2.42. The van der Waals surface area contributed by atoms with Crippen molar-refractivity contribution in [1.29, 1.82) is 0 Å². The second kappa shape index (κ2) is 3.72. The fraction of sp³-hybridized carbons (Fsp3) is 0.222. The van der Waals surface area contributed by atoms with Gasteiger partial charge in [0.2, 0.25) is 0 Å². The van der Waals surface area contributed by atoms with Crippen LogP contribution in [0.3, 0.4) is 0 Å². The van der Waals surface area contributed by atoms with Crippen LogP contribution in [0.1, 0.15) is 16.2 Å². The number of nitrogens with zero attached hydrogens (tertiary/aromatic N) is 1. The van der Waals surface area contributed by atoms with E-state index in [9.17, 15) is 0 Å². The molecule has 0 saturated carbocycles. The minimum atomic E-state index is -0.00971. The van der Waals surface area contributed by atoms with E-state index >= 15 is 0 Å². The largest absolute Gasteiger partial charge is 0.391 e. The van der Waals surface area contributed by atoms with Gasteiger partial charge in [-0.1, -0.05) is 11.2 Å². The molecule has 0 saturated heterocycles. The lowest BCUT2D eigenvalue weighted by Gasteiger charge is -1.94. The molecule has 0 aliphatic rings. The highest BCUT2D eigenvalue weighted by Gasteiger charge is 2.07. The van der Waals surface area contributed by atoms with Crippen molar-refractivity contribution in [2.24, 2.45) is 0 Å². The monoisotopic (exact) mass is 195 g/mol. The van der Waals surface area contributed by atoms with Crippen LogP contribution in [0.4, 0.5) is 0 Å². The van der Waals surface area contributed by atoms with Crippen LogP contribution < -0.4 is 0 Å². The predicted octanol–water partition coefficient (Wildman–Crippen LogP) is 1.82. The molecule has 4 heteroatoms. The van der Waals surface area contributed by atoms with Gasteiger partial charge in [-0.15, -0.1) is 11.3 Å². The number of aliphatic hydroxyl groups is 1. The Hall–Kier alpha value is -1.13. The van der Waals surface area contributed by atoms with Gasteiger partial charge in [-0.3, -0.25) is 0 Å². The first-order chi connectivity index (χ1) is 6.40. The second-order valence-electron chi connectivity index (χ2n) is 2.69. The number of aromatic nitrogens is 1. The van der Waals surface area contributed by atoms with Crippen LogP contribution in [0.25, 0.3) is 0 Å². The molecule has 1 N–H and O–H groups in total. The number of aliphatic hydroxyl groups excluding tert-OH is 1. The van der Waals surface area contributed by atoms with E-state index in [1.165, 1.54) is 4.88 Å². The summed E-state index contributed by atoms with van der Waals surface area (Å²) in [6.45, 7) is -0.00971. The van der Waals surface area contributed by atoms with Gasteiger partial charge in [0, 0.05) is 16.9 Å². The molecular formula is C9H9NO2S. The van der Waals surface area contributed by atoms with Crippen molar-refractivity contribution < 1.29 is 9.63 Å². The average molecular weight is 195 g/mol. The summed E-state index contributed by atoms with van der Waals surface area (Å²) in [7, 11) is 0. The van der Waals surface area contributed by atoms with E-state index in [0.717, 1.165) is 11.3 Å². The third-order valence-corrected chi connectivity index (χ3v) is 2.69. The van der Waals surface area contributed by atoms with E-state index in [1.807, 2.05) is 17.5 Å². The van der Waals surface area contributed by atoms with Gasteiger partial charge in [0.1, 0.15) is 5.76 Å². The molecule has 0 amide bonds. The molecule has 0 aliphatic carbocycles. The molecular weight excluding hydrogens is 186 g/mol. The maximum atomic E-state index is 8.94. The highest BCUT2D eigenvalue weighted by Crippen LogP contribution is 2.17. The number of thiophene rings is 1. The lowest BCUT2D eigenvalue weighted by Crippen LogP contribution is -1.88. The highest BCUT2D eigenvalue weighted by molar-refractivity contribution is 7.09. The third-order valence-electron chi connectivity index (χ3n) is 1.81. The lowest BCUT2D eigenvalue weighted by atomic mass is 10.2. The maximum Gasteiger partial charge on any atom is 0.147 e. The predicted molar refractivity (Wildman–Crippen MR) is 49.6 cm³/mol. The summed E-state index contributed by atoms with van der Waals surface area (Å²) < 4.78 is 5.03. The summed E-state index contributed by atoms with van der Waals surface area (Å²) in [6.07, 6.45) is 2.27. The number of hydrogen-bond acceptors (Lipinski definition) is 4. The molecule has 0 radical (unpaired) electrons. The molecule has 0 fully saturated rings. The standard InChI is InChI=1S/C9H9NO2S/c11-6-7-5-10-12-9(7)4-8-2-1-3-13-8/h1-3,5,11H,4,6H2. The van der Waals surface area contributed by atoms with Gasteiger partial charge in [0.25, 0.3) is 0 Å². The quantitative estimate of drug-likeness (QED) is 0.812. The zero-order chi connectivity index (χ0) is 9.10. The first-order valence-corrected chi connectivity index (χ1v) is 4.84. The topological polar surface area (TPSA) is 46.3 Å². The van der Waals surface area contributed by atoms with Crippen molar-refractivity contribution in [1.82, 2.24) is 5.16 Å². The van der Waals surface area contributed by atoms with Gasteiger partial charge >= 0.3 is 0 Å². The summed E-state index contributed by atoms with van der Waals surface area (Å²) >= 11 is 1.67. The van der Waals surface area contributed by atoms with E-state index in [4.69, 9.17) is 9.63 Å². The molecule has 13 heavy (non-hydrogen) atoms. The Morgan fingerprint density at radius 3 is 3.15 bits per heavy atom. The van der Waals surface area contributed by atoms with Crippen molar-refractivity contribution >= 4 is 11.3 Å². The van der Waals surface area contributed by atoms with Crippen molar-refractivity contribution in [2.45, 2.75) is 13.0 Å².